The number of nitrogens with one attached hydrogen (secondary N) is 1. The molecule has 118 valence electrons. The van der Waals surface area contributed by atoms with Crippen molar-refractivity contribution in [3.8, 4) is 0 Å². The summed E-state index contributed by atoms with van der Waals surface area (Å²) in [6, 6.07) is 0. The summed E-state index contributed by atoms with van der Waals surface area (Å²) in [5, 5.41) is 2.67. The molecule has 3 amide bonds. The van der Waals surface area contributed by atoms with Crippen LogP contribution < -0.4 is 5.32 Å². The lowest BCUT2D eigenvalue weighted by Gasteiger charge is -2.37. The summed E-state index contributed by atoms with van der Waals surface area (Å²) in [5.74, 6) is 0.225. The molecule has 1 unspecified atom stereocenters. The van der Waals surface area contributed by atoms with Gasteiger partial charge in [0, 0.05) is 46.1 Å². The van der Waals surface area contributed by atoms with E-state index in [0.29, 0.717) is 19.6 Å². The fourth-order valence-electron chi connectivity index (χ4n) is 3.29. The van der Waals surface area contributed by atoms with Crippen molar-refractivity contribution in [2.75, 3.05) is 33.2 Å². The standard InChI is InChI=1S/C15H25N3O3/c1-11(19)18-7-3-4-13(10-18)15(21)17-8-5-12(6-9-17)14(20)16-2/h12-13H,3-10H2,1-2H3,(H,16,20). The van der Waals surface area contributed by atoms with Crippen molar-refractivity contribution < 1.29 is 14.4 Å². The molecule has 0 aromatic carbocycles. The molecule has 0 radical (unpaired) electrons. The predicted molar refractivity (Wildman–Crippen MR) is 78.3 cm³/mol. The Morgan fingerprint density at radius 1 is 0.952 bits per heavy atom. The van der Waals surface area contributed by atoms with E-state index in [-0.39, 0.29) is 29.6 Å². The van der Waals surface area contributed by atoms with Gasteiger partial charge in [-0.05, 0) is 25.7 Å². The van der Waals surface area contributed by atoms with Crippen molar-refractivity contribution in [1.82, 2.24) is 15.1 Å². The van der Waals surface area contributed by atoms with Gasteiger partial charge in [0.1, 0.15) is 0 Å². The maximum absolute atomic E-state index is 12.6. The van der Waals surface area contributed by atoms with E-state index in [1.807, 2.05) is 4.90 Å². The van der Waals surface area contributed by atoms with Crippen molar-refractivity contribution in [2.24, 2.45) is 11.8 Å². The highest BCUT2D eigenvalue weighted by Gasteiger charge is 2.33. The first-order chi connectivity index (χ1) is 10.0. The van der Waals surface area contributed by atoms with Gasteiger partial charge in [-0.25, -0.2) is 0 Å². The predicted octanol–water partition coefficient (Wildman–Crippen LogP) is 0.230. The van der Waals surface area contributed by atoms with Crippen LogP contribution in [0.25, 0.3) is 0 Å². The van der Waals surface area contributed by atoms with E-state index in [1.165, 1.54) is 0 Å². The first-order valence-corrected chi connectivity index (χ1v) is 7.78. The first kappa shape index (κ1) is 15.8. The van der Waals surface area contributed by atoms with Crippen LogP contribution in [0, 0.1) is 11.8 Å². The molecule has 2 rings (SSSR count). The zero-order valence-electron chi connectivity index (χ0n) is 12.9. The lowest BCUT2D eigenvalue weighted by molar-refractivity contribution is -0.142. The van der Waals surface area contributed by atoms with Crippen LogP contribution in [0.1, 0.15) is 32.6 Å². The van der Waals surface area contributed by atoms with Gasteiger partial charge >= 0.3 is 0 Å². The Kier molecular flexibility index (Phi) is 5.20. The minimum atomic E-state index is -0.0702. The molecule has 6 nitrogen and oxygen atoms in total. The van der Waals surface area contributed by atoms with E-state index in [1.54, 1.807) is 18.9 Å². The molecule has 0 aromatic rings. The number of hydrogen-bond acceptors (Lipinski definition) is 3. The van der Waals surface area contributed by atoms with E-state index < -0.39 is 0 Å². The molecule has 21 heavy (non-hydrogen) atoms. The number of amides is 3. The molecule has 0 aromatic heterocycles. The lowest BCUT2D eigenvalue weighted by Crippen LogP contribution is -2.49. The van der Waals surface area contributed by atoms with Crippen LogP contribution in [-0.4, -0.2) is 60.7 Å². The third-order valence-corrected chi connectivity index (χ3v) is 4.64. The molecular weight excluding hydrogens is 270 g/mol. The van der Waals surface area contributed by atoms with Crippen LogP contribution in [0.4, 0.5) is 0 Å². The second-order valence-corrected chi connectivity index (χ2v) is 6.02. The van der Waals surface area contributed by atoms with Crippen molar-refractivity contribution in [3.05, 3.63) is 0 Å². The SMILES string of the molecule is CNC(=O)C1CCN(C(=O)C2CCCN(C(C)=O)C2)CC1. The van der Waals surface area contributed by atoms with Gasteiger partial charge in [-0.3, -0.25) is 14.4 Å². The summed E-state index contributed by atoms with van der Waals surface area (Å²) in [6.07, 6.45) is 3.21. The number of carbonyl (C=O) groups excluding carboxylic acids is 3. The Morgan fingerprint density at radius 3 is 2.19 bits per heavy atom. The number of carbonyl (C=O) groups is 3. The second kappa shape index (κ2) is 6.91. The van der Waals surface area contributed by atoms with Crippen LogP contribution in [0.2, 0.25) is 0 Å². The van der Waals surface area contributed by atoms with Crippen LogP contribution in [0.3, 0.4) is 0 Å². The minimum Gasteiger partial charge on any atom is -0.359 e. The molecular formula is C15H25N3O3. The highest BCUT2D eigenvalue weighted by Crippen LogP contribution is 2.23. The monoisotopic (exact) mass is 295 g/mol. The summed E-state index contributed by atoms with van der Waals surface area (Å²) in [6.45, 7) is 4.16. The van der Waals surface area contributed by atoms with Gasteiger partial charge in [-0.1, -0.05) is 0 Å². The van der Waals surface area contributed by atoms with E-state index in [0.717, 1.165) is 32.2 Å². The van der Waals surface area contributed by atoms with Crippen molar-refractivity contribution in [2.45, 2.75) is 32.6 Å². The molecule has 1 atom stereocenters. The van der Waals surface area contributed by atoms with Gasteiger partial charge in [0.05, 0.1) is 5.92 Å². The number of likely N-dealkylation sites (tertiary alicyclic amines) is 2. The Bertz CT molecular complexity index is 416. The fourth-order valence-corrected chi connectivity index (χ4v) is 3.29. The van der Waals surface area contributed by atoms with Gasteiger partial charge in [-0.2, -0.15) is 0 Å². The molecule has 0 saturated carbocycles. The second-order valence-electron chi connectivity index (χ2n) is 6.02. The van der Waals surface area contributed by atoms with Crippen molar-refractivity contribution >= 4 is 17.7 Å². The lowest BCUT2D eigenvalue weighted by atomic mass is 9.92. The zero-order chi connectivity index (χ0) is 15.4. The Balaban J connectivity index is 1.87. The number of nitrogens with zero attached hydrogens (tertiary/aromatic N) is 2. The van der Waals surface area contributed by atoms with E-state index >= 15 is 0 Å². The Morgan fingerprint density at radius 2 is 1.62 bits per heavy atom. The summed E-state index contributed by atoms with van der Waals surface area (Å²) >= 11 is 0. The summed E-state index contributed by atoms with van der Waals surface area (Å²) in [5.41, 5.74) is 0. The third-order valence-electron chi connectivity index (χ3n) is 4.64. The summed E-state index contributed by atoms with van der Waals surface area (Å²) in [7, 11) is 1.65. The van der Waals surface area contributed by atoms with Crippen LogP contribution in [0.15, 0.2) is 0 Å². The van der Waals surface area contributed by atoms with E-state index in [9.17, 15) is 14.4 Å². The van der Waals surface area contributed by atoms with Gasteiger partial charge in [0.2, 0.25) is 17.7 Å². The maximum Gasteiger partial charge on any atom is 0.227 e. The highest BCUT2D eigenvalue weighted by molar-refractivity contribution is 5.82. The topological polar surface area (TPSA) is 69.7 Å². The van der Waals surface area contributed by atoms with Crippen LogP contribution in [0.5, 0.6) is 0 Å². The molecule has 2 fully saturated rings. The van der Waals surface area contributed by atoms with Gasteiger partial charge in [0.25, 0.3) is 0 Å². The molecule has 1 N–H and O–H groups in total. The van der Waals surface area contributed by atoms with Gasteiger partial charge in [-0.15, -0.1) is 0 Å². The van der Waals surface area contributed by atoms with Gasteiger partial charge < -0.3 is 15.1 Å². The average molecular weight is 295 g/mol. The maximum atomic E-state index is 12.6. The number of rotatable bonds is 2. The van der Waals surface area contributed by atoms with Crippen LogP contribution in [-0.2, 0) is 14.4 Å². The molecule has 2 saturated heterocycles. The quantitative estimate of drug-likeness (QED) is 0.793. The molecule has 0 bridgehead atoms. The van der Waals surface area contributed by atoms with E-state index in [4.69, 9.17) is 0 Å². The van der Waals surface area contributed by atoms with Crippen molar-refractivity contribution in [3.63, 3.8) is 0 Å². The first-order valence-electron chi connectivity index (χ1n) is 7.78. The third kappa shape index (κ3) is 3.74. The molecule has 0 spiro atoms. The van der Waals surface area contributed by atoms with Gasteiger partial charge in [0.15, 0.2) is 0 Å². The Labute approximate surface area is 125 Å². The normalized spacial score (nSPS) is 23.8. The minimum absolute atomic E-state index is 0.0270. The number of hydrogen-bond donors (Lipinski definition) is 1. The highest BCUT2D eigenvalue weighted by atomic mass is 16.2. The Hall–Kier alpha value is -1.59. The molecule has 6 heteroatoms. The number of piperidine rings is 2. The molecule has 2 aliphatic rings. The largest absolute Gasteiger partial charge is 0.359 e. The summed E-state index contributed by atoms with van der Waals surface area (Å²) in [4.78, 5) is 39.2. The molecule has 2 aliphatic heterocycles. The van der Waals surface area contributed by atoms with Crippen molar-refractivity contribution in [1.29, 1.82) is 0 Å². The smallest absolute Gasteiger partial charge is 0.227 e. The summed E-state index contributed by atoms with van der Waals surface area (Å²) < 4.78 is 0. The van der Waals surface area contributed by atoms with Crippen LogP contribution >= 0.6 is 0 Å². The average Bonchev–Trinajstić information content (AvgIpc) is 2.53. The van der Waals surface area contributed by atoms with E-state index in [2.05, 4.69) is 5.32 Å². The zero-order valence-corrected chi connectivity index (χ0v) is 12.9. The fraction of sp³-hybridized carbons (Fsp3) is 0.800. The molecule has 0 aliphatic carbocycles. The molecule has 2 heterocycles.